The molecular weight excluding hydrogens is 333 g/mol. The maximum atomic E-state index is 12.6. The van der Waals surface area contributed by atoms with Crippen molar-refractivity contribution in [1.82, 2.24) is 9.78 Å². The Labute approximate surface area is 144 Å². The van der Waals surface area contributed by atoms with Gasteiger partial charge < -0.3 is 4.90 Å². The number of piperidine rings is 1. The van der Waals surface area contributed by atoms with Crippen molar-refractivity contribution in [3.05, 3.63) is 50.9 Å². The van der Waals surface area contributed by atoms with E-state index in [1.54, 1.807) is 30.5 Å². The summed E-state index contributed by atoms with van der Waals surface area (Å²) in [6.07, 6.45) is 6.72. The van der Waals surface area contributed by atoms with E-state index >= 15 is 0 Å². The van der Waals surface area contributed by atoms with Crippen molar-refractivity contribution in [1.29, 1.82) is 0 Å². The van der Waals surface area contributed by atoms with Gasteiger partial charge in [0.05, 0.1) is 17.6 Å². The highest BCUT2D eigenvalue weighted by atomic mass is 35.5. The molecule has 1 saturated heterocycles. The molecule has 0 unspecified atom stereocenters. The Balaban J connectivity index is 1.69. The molecule has 0 radical (unpaired) electrons. The third-order valence-electron chi connectivity index (χ3n) is 4.93. The van der Waals surface area contributed by atoms with E-state index in [9.17, 15) is 4.79 Å². The van der Waals surface area contributed by atoms with Gasteiger partial charge >= 0.3 is 0 Å². The van der Waals surface area contributed by atoms with Crippen LogP contribution < -0.4 is 10.5 Å². The third-order valence-corrected chi connectivity index (χ3v) is 5.54. The van der Waals surface area contributed by atoms with Crippen molar-refractivity contribution < 1.29 is 0 Å². The minimum absolute atomic E-state index is 0.243. The second-order valence-corrected chi connectivity index (χ2v) is 7.38. The average molecular weight is 350 g/mol. The summed E-state index contributed by atoms with van der Waals surface area (Å²) < 4.78 is 1.32. The lowest BCUT2D eigenvalue weighted by molar-refractivity contribution is 0.395. The Morgan fingerprint density at radius 2 is 1.83 bits per heavy atom. The minimum atomic E-state index is -0.290. The quantitative estimate of drug-likeness (QED) is 0.824. The molecule has 1 aliphatic heterocycles. The molecule has 4 rings (SSSR count). The zero-order valence-corrected chi connectivity index (χ0v) is 14.1. The van der Waals surface area contributed by atoms with E-state index in [1.807, 2.05) is 0 Å². The molecule has 1 aliphatic carbocycles. The summed E-state index contributed by atoms with van der Waals surface area (Å²) in [5, 5.41) is 5.18. The number of hydrogen-bond donors (Lipinski definition) is 0. The zero-order valence-electron chi connectivity index (χ0n) is 12.6. The highest BCUT2D eigenvalue weighted by Gasteiger charge is 2.45. The van der Waals surface area contributed by atoms with Gasteiger partial charge in [-0.05, 0) is 55.4 Å². The highest BCUT2D eigenvalue weighted by Crippen LogP contribution is 2.52. The first-order chi connectivity index (χ1) is 11.1. The van der Waals surface area contributed by atoms with Crippen LogP contribution in [0.4, 0.5) is 5.69 Å². The fourth-order valence-electron chi connectivity index (χ4n) is 3.41. The SMILES string of the molecule is O=c1c(Cl)c(N2CCCC3(CC3)C2)cnn1-c1ccc(Cl)cc1. The van der Waals surface area contributed by atoms with Gasteiger partial charge in [0, 0.05) is 18.1 Å². The number of aromatic nitrogens is 2. The van der Waals surface area contributed by atoms with Crippen LogP contribution in [0.1, 0.15) is 25.7 Å². The van der Waals surface area contributed by atoms with Gasteiger partial charge in [0.15, 0.2) is 0 Å². The Kier molecular flexibility index (Phi) is 3.62. The number of anilines is 1. The molecule has 0 amide bonds. The van der Waals surface area contributed by atoms with E-state index in [4.69, 9.17) is 23.2 Å². The van der Waals surface area contributed by atoms with Crippen LogP contribution in [0, 0.1) is 5.41 Å². The van der Waals surface area contributed by atoms with Gasteiger partial charge in [-0.1, -0.05) is 23.2 Å². The summed E-state index contributed by atoms with van der Waals surface area (Å²) in [7, 11) is 0. The predicted molar refractivity (Wildman–Crippen MR) is 93.0 cm³/mol. The monoisotopic (exact) mass is 349 g/mol. The molecule has 0 bridgehead atoms. The first-order valence-electron chi connectivity index (χ1n) is 7.87. The average Bonchev–Trinajstić information content (AvgIpc) is 3.29. The summed E-state index contributed by atoms with van der Waals surface area (Å²) in [6.45, 7) is 1.92. The van der Waals surface area contributed by atoms with Gasteiger partial charge in [-0.25, -0.2) is 0 Å². The topological polar surface area (TPSA) is 38.1 Å². The number of rotatable bonds is 2. The number of benzene rings is 1. The fraction of sp³-hybridized carbons (Fsp3) is 0.412. The number of nitrogens with zero attached hydrogens (tertiary/aromatic N) is 3. The fourth-order valence-corrected chi connectivity index (χ4v) is 3.78. The Morgan fingerprint density at radius 1 is 1.09 bits per heavy atom. The van der Waals surface area contributed by atoms with Crippen molar-refractivity contribution in [2.45, 2.75) is 25.7 Å². The van der Waals surface area contributed by atoms with Gasteiger partial charge in [0.25, 0.3) is 5.56 Å². The van der Waals surface area contributed by atoms with Gasteiger partial charge in [0.1, 0.15) is 5.02 Å². The van der Waals surface area contributed by atoms with Crippen molar-refractivity contribution >= 4 is 28.9 Å². The summed E-state index contributed by atoms with van der Waals surface area (Å²) in [5.41, 5.74) is 1.59. The van der Waals surface area contributed by atoms with Crippen LogP contribution >= 0.6 is 23.2 Å². The molecule has 2 aliphatic rings. The molecule has 120 valence electrons. The lowest BCUT2D eigenvalue weighted by atomic mass is 9.95. The van der Waals surface area contributed by atoms with E-state index in [-0.39, 0.29) is 10.6 Å². The van der Waals surface area contributed by atoms with Crippen molar-refractivity contribution in [3.63, 3.8) is 0 Å². The smallest absolute Gasteiger partial charge is 0.292 e. The number of halogens is 2. The zero-order chi connectivity index (χ0) is 16.0. The Bertz CT molecular complexity index is 796. The van der Waals surface area contributed by atoms with Crippen LogP contribution in [0.15, 0.2) is 35.3 Å². The molecule has 6 heteroatoms. The predicted octanol–water partition coefficient (Wildman–Crippen LogP) is 3.92. The maximum absolute atomic E-state index is 12.6. The summed E-state index contributed by atoms with van der Waals surface area (Å²) in [4.78, 5) is 14.8. The maximum Gasteiger partial charge on any atom is 0.292 e. The molecule has 2 fully saturated rings. The lowest BCUT2D eigenvalue weighted by Crippen LogP contribution is -2.38. The van der Waals surface area contributed by atoms with Crippen LogP contribution in [-0.2, 0) is 0 Å². The molecular formula is C17H17Cl2N3O. The van der Waals surface area contributed by atoms with Crippen LogP contribution in [-0.4, -0.2) is 22.9 Å². The van der Waals surface area contributed by atoms with Crippen molar-refractivity contribution in [2.24, 2.45) is 5.41 Å². The molecule has 1 saturated carbocycles. The molecule has 0 atom stereocenters. The van der Waals surface area contributed by atoms with Gasteiger partial charge in [0.2, 0.25) is 0 Å². The van der Waals surface area contributed by atoms with Crippen molar-refractivity contribution in [2.75, 3.05) is 18.0 Å². The highest BCUT2D eigenvalue weighted by molar-refractivity contribution is 6.33. The minimum Gasteiger partial charge on any atom is -0.368 e. The van der Waals surface area contributed by atoms with E-state index in [0.717, 1.165) is 25.2 Å². The molecule has 2 aromatic rings. The second-order valence-electron chi connectivity index (χ2n) is 6.56. The largest absolute Gasteiger partial charge is 0.368 e. The molecule has 23 heavy (non-hydrogen) atoms. The van der Waals surface area contributed by atoms with Crippen LogP contribution in [0.2, 0.25) is 10.0 Å². The normalized spacial score (nSPS) is 19.1. The van der Waals surface area contributed by atoms with Gasteiger partial charge in [-0.15, -0.1) is 0 Å². The summed E-state index contributed by atoms with van der Waals surface area (Å²) in [5.74, 6) is 0. The lowest BCUT2D eigenvalue weighted by Gasteiger charge is -2.34. The van der Waals surface area contributed by atoms with E-state index in [0.29, 0.717) is 16.1 Å². The molecule has 2 heterocycles. The summed E-state index contributed by atoms with van der Waals surface area (Å²) >= 11 is 12.3. The summed E-state index contributed by atoms with van der Waals surface area (Å²) in [6, 6.07) is 6.97. The van der Waals surface area contributed by atoms with Gasteiger partial charge in [-0.3, -0.25) is 4.79 Å². The molecule has 1 aromatic heterocycles. The first-order valence-corrected chi connectivity index (χ1v) is 8.62. The van der Waals surface area contributed by atoms with Crippen molar-refractivity contribution in [3.8, 4) is 5.69 Å². The Hall–Kier alpha value is -1.52. The third kappa shape index (κ3) is 2.74. The van der Waals surface area contributed by atoms with E-state index in [1.165, 1.54) is 23.9 Å². The standard InChI is InChI=1S/C17H17Cl2N3O/c18-12-2-4-13(5-3-12)22-16(23)15(19)14(10-20-22)21-9-1-6-17(11-21)7-8-17/h2-5,10H,1,6-9,11H2. The van der Waals surface area contributed by atoms with Crippen LogP contribution in [0.3, 0.4) is 0 Å². The molecule has 0 N–H and O–H groups in total. The molecule has 1 aromatic carbocycles. The molecule has 1 spiro atoms. The van der Waals surface area contributed by atoms with Crippen LogP contribution in [0.25, 0.3) is 5.69 Å². The first kappa shape index (κ1) is 15.0. The van der Waals surface area contributed by atoms with E-state index in [2.05, 4.69) is 10.00 Å². The Morgan fingerprint density at radius 3 is 2.52 bits per heavy atom. The second kappa shape index (κ2) is 5.53. The van der Waals surface area contributed by atoms with Crippen LogP contribution in [0.5, 0.6) is 0 Å². The van der Waals surface area contributed by atoms with Gasteiger partial charge in [-0.2, -0.15) is 9.78 Å². The molecule has 4 nitrogen and oxygen atoms in total. The number of hydrogen-bond acceptors (Lipinski definition) is 3. The van der Waals surface area contributed by atoms with E-state index < -0.39 is 0 Å².